The molecule has 5 N–H and O–H groups in total. The van der Waals surface area contributed by atoms with E-state index < -0.39 is 6.04 Å². The second-order valence-electron chi connectivity index (χ2n) is 3.77. The molecule has 0 aliphatic heterocycles. The van der Waals surface area contributed by atoms with Gasteiger partial charge in [0.05, 0.1) is 6.04 Å². The minimum atomic E-state index is -0.469. The Balaban J connectivity index is 3.69. The third-order valence-electron chi connectivity index (χ3n) is 2.46. The first-order valence-electron chi connectivity index (χ1n) is 5.30. The fourth-order valence-corrected chi connectivity index (χ4v) is 1.10. The first-order valence-corrected chi connectivity index (χ1v) is 5.30. The SMILES string of the molecule is CCC(C)[C@H](N)C(=O)NCCCC(N)=O. The van der Waals surface area contributed by atoms with Crippen LogP contribution in [0.25, 0.3) is 0 Å². The Hall–Kier alpha value is -1.10. The number of primary amides is 1. The fourth-order valence-electron chi connectivity index (χ4n) is 1.10. The lowest BCUT2D eigenvalue weighted by atomic mass is 9.99. The van der Waals surface area contributed by atoms with Crippen LogP contribution in [0.2, 0.25) is 0 Å². The van der Waals surface area contributed by atoms with Gasteiger partial charge >= 0.3 is 0 Å². The highest BCUT2D eigenvalue weighted by atomic mass is 16.2. The lowest BCUT2D eigenvalue weighted by molar-refractivity contribution is -0.123. The van der Waals surface area contributed by atoms with Crippen LogP contribution in [0, 0.1) is 5.92 Å². The third-order valence-corrected chi connectivity index (χ3v) is 2.46. The zero-order chi connectivity index (χ0) is 11.8. The highest BCUT2D eigenvalue weighted by Gasteiger charge is 2.18. The molecular formula is C10H21N3O2. The van der Waals surface area contributed by atoms with Gasteiger partial charge in [-0.25, -0.2) is 0 Å². The second kappa shape index (κ2) is 7.23. The van der Waals surface area contributed by atoms with Gasteiger partial charge in [0.25, 0.3) is 0 Å². The molecule has 0 aromatic carbocycles. The van der Waals surface area contributed by atoms with E-state index in [4.69, 9.17) is 11.5 Å². The summed E-state index contributed by atoms with van der Waals surface area (Å²) in [6.07, 6.45) is 1.73. The summed E-state index contributed by atoms with van der Waals surface area (Å²) in [4.78, 5) is 21.9. The Morgan fingerprint density at radius 2 is 2.00 bits per heavy atom. The van der Waals surface area contributed by atoms with Gasteiger partial charge in [0.1, 0.15) is 0 Å². The van der Waals surface area contributed by atoms with Crippen molar-refractivity contribution in [3.8, 4) is 0 Å². The molecule has 2 atom stereocenters. The van der Waals surface area contributed by atoms with E-state index in [0.717, 1.165) is 6.42 Å². The fraction of sp³-hybridized carbons (Fsp3) is 0.800. The highest BCUT2D eigenvalue weighted by molar-refractivity contribution is 5.81. The zero-order valence-electron chi connectivity index (χ0n) is 9.45. The van der Waals surface area contributed by atoms with Crippen LogP contribution in [0.5, 0.6) is 0 Å². The van der Waals surface area contributed by atoms with Crippen molar-refractivity contribution >= 4 is 11.8 Å². The molecule has 5 heteroatoms. The molecule has 88 valence electrons. The van der Waals surface area contributed by atoms with Crippen molar-refractivity contribution in [1.29, 1.82) is 0 Å². The first kappa shape index (κ1) is 13.9. The minimum absolute atomic E-state index is 0.158. The van der Waals surface area contributed by atoms with Crippen molar-refractivity contribution in [1.82, 2.24) is 5.32 Å². The summed E-state index contributed by atoms with van der Waals surface area (Å²) >= 11 is 0. The van der Waals surface area contributed by atoms with E-state index in [1.165, 1.54) is 0 Å². The number of rotatable bonds is 7. The molecule has 0 fully saturated rings. The predicted octanol–water partition coefficient (Wildman–Crippen LogP) is -0.258. The molecule has 5 nitrogen and oxygen atoms in total. The van der Waals surface area contributed by atoms with Gasteiger partial charge in [0.15, 0.2) is 0 Å². The molecule has 0 radical (unpaired) electrons. The van der Waals surface area contributed by atoms with Gasteiger partial charge in [-0.2, -0.15) is 0 Å². The van der Waals surface area contributed by atoms with Crippen LogP contribution in [0.3, 0.4) is 0 Å². The predicted molar refractivity (Wildman–Crippen MR) is 58.9 cm³/mol. The van der Waals surface area contributed by atoms with E-state index in [1.807, 2.05) is 13.8 Å². The van der Waals surface area contributed by atoms with E-state index >= 15 is 0 Å². The molecule has 0 heterocycles. The Morgan fingerprint density at radius 1 is 1.40 bits per heavy atom. The number of hydrogen-bond donors (Lipinski definition) is 3. The maximum Gasteiger partial charge on any atom is 0.237 e. The van der Waals surface area contributed by atoms with Crippen LogP contribution in [0.1, 0.15) is 33.1 Å². The average molecular weight is 215 g/mol. The molecule has 0 saturated heterocycles. The molecule has 0 aliphatic carbocycles. The number of carbonyl (C=O) groups is 2. The van der Waals surface area contributed by atoms with Gasteiger partial charge in [-0.15, -0.1) is 0 Å². The maximum atomic E-state index is 11.4. The third kappa shape index (κ3) is 6.06. The lowest BCUT2D eigenvalue weighted by Gasteiger charge is -2.17. The molecule has 0 aromatic heterocycles. The van der Waals surface area contributed by atoms with Crippen molar-refractivity contribution in [3.63, 3.8) is 0 Å². The minimum Gasteiger partial charge on any atom is -0.370 e. The smallest absolute Gasteiger partial charge is 0.237 e. The normalized spacial score (nSPS) is 14.3. The van der Waals surface area contributed by atoms with Gasteiger partial charge in [-0.05, 0) is 12.3 Å². The van der Waals surface area contributed by atoms with Crippen LogP contribution in [0.4, 0.5) is 0 Å². The number of hydrogen-bond acceptors (Lipinski definition) is 3. The molecule has 2 amide bonds. The Kier molecular flexibility index (Phi) is 6.70. The van der Waals surface area contributed by atoms with Crippen LogP contribution < -0.4 is 16.8 Å². The van der Waals surface area contributed by atoms with Crippen molar-refractivity contribution in [2.75, 3.05) is 6.54 Å². The maximum absolute atomic E-state index is 11.4. The molecule has 0 saturated carbocycles. The van der Waals surface area contributed by atoms with Crippen molar-refractivity contribution in [3.05, 3.63) is 0 Å². The Bertz CT molecular complexity index is 219. The largest absolute Gasteiger partial charge is 0.370 e. The summed E-state index contributed by atoms with van der Waals surface area (Å²) in [5.41, 5.74) is 10.7. The summed E-state index contributed by atoms with van der Waals surface area (Å²) in [6.45, 7) is 4.38. The topological polar surface area (TPSA) is 98.2 Å². The van der Waals surface area contributed by atoms with E-state index in [9.17, 15) is 9.59 Å². The van der Waals surface area contributed by atoms with Gasteiger partial charge in [0.2, 0.25) is 11.8 Å². The molecule has 0 aliphatic rings. The first-order chi connectivity index (χ1) is 6.99. The van der Waals surface area contributed by atoms with Gasteiger partial charge in [-0.3, -0.25) is 9.59 Å². The molecule has 0 bridgehead atoms. The van der Waals surface area contributed by atoms with Crippen molar-refractivity contribution in [2.24, 2.45) is 17.4 Å². The van der Waals surface area contributed by atoms with Crippen molar-refractivity contribution in [2.45, 2.75) is 39.2 Å². The summed E-state index contributed by atoms with van der Waals surface area (Å²) in [5, 5.41) is 2.68. The molecule has 0 rings (SSSR count). The monoisotopic (exact) mass is 215 g/mol. The highest BCUT2D eigenvalue weighted by Crippen LogP contribution is 2.04. The molecule has 0 spiro atoms. The molecule has 15 heavy (non-hydrogen) atoms. The molecular weight excluding hydrogens is 194 g/mol. The van der Waals surface area contributed by atoms with Crippen LogP contribution in [0.15, 0.2) is 0 Å². The molecule has 0 aromatic rings. The Morgan fingerprint density at radius 3 is 2.47 bits per heavy atom. The molecule has 1 unspecified atom stereocenters. The van der Waals surface area contributed by atoms with Crippen LogP contribution in [-0.4, -0.2) is 24.4 Å². The van der Waals surface area contributed by atoms with E-state index in [0.29, 0.717) is 19.4 Å². The quantitative estimate of drug-likeness (QED) is 0.510. The van der Waals surface area contributed by atoms with Gasteiger partial charge in [0, 0.05) is 13.0 Å². The second-order valence-corrected chi connectivity index (χ2v) is 3.77. The number of nitrogens with two attached hydrogens (primary N) is 2. The number of amides is 2. The standard InChI is InChI=1S/C10H21N3O2/c1-3-7(2)9(12)10(15)13-6-4-5-8(11)14/h7,9H,3-6,12H2,1-2H3,(H2,11,14)(H,13,15)/t7?,9-/m0/s1. The number of nitrogens with one attached hydrogen (secondary N) is 1. The zero-order valence-corrected chi connectivity index (χ0v) is 9.45. The summed E-state index contributed by atoms with van der Waals surface area (Å²) in [7, 11) is 0. The summed E-state index contributed by atoms with van der Waals surface area (Å²) in [5.74, 6) is -0.342. The van der Waals surface area contributed by atoms with Crippen LogP contribution in [-0.2, 0) is 9.59 Å². The van der Waals surface area contributed by atoms with Gasteiger partial charge in [-0.1, -0.05) is 20.3 Å². The van der Waals surface area contributed by atoms with E-state index in [1.54, 1.807) is 0 Å². The lowest BCUT2D eigenvalue weighted by Crippen LogP contribution is -2.44. The summed E-state index contributed by atoms with van der Waals surface area (Å²) in [6, 6.07) is -0.469. The summed E-state index contributed by atoms with van der Waals surface area (Å²) < 4.78 is 0. The van der Waals surface area contributed by atoms with E-state index in [2.05, 4.69) is 5.32 Å². The number of carbonyl (C=O) groups excluding carboxylic acids is 2. The van der Waals surface area contributed by atoms with Crippen LogP contribution >= 0.6 is 0 Å². The van der Waals surface area contributed by atoms with E-state index in [-0.39, 0.29) is 17.7 Å². The van der Waals surface area contributed by atoms with Gasteiger partial charge < -0.3 is 16.8 Å². The van der Waals surface area contributed by atoms with Crippen molar-refractivity contribution < 1.29 is 9.59 Å². The average Bonchev–Trinajstić information content (AvgIpc) is 2.21. The Labute approximate surface area is 90.6 Å².